The molecule has 110 valence electrons. The fourth-order valence-corrected chi connectivity index (χ4v) is 2.39. The van der Waals surface area contributed by atoms with Crippen molar-refractivity contribution in [2.45, 2.75) is 24.3 Å². The summed E-state index contributed by atoms with van der Waals surface area (Å²) in [6.45, 7) is 2.42. The van der Waals surface area contributed by atoms with E-state index >= 15 is 0 Å². The van der Waals surface area contributed by atoms with Crippen LogP contribution in [0, 0.1) is 0 Å². The Morgan fingerprint density at radius 2 is 1.76 bits per heavy atom. The lowest BCUT2D eigenvalue weighted by atomic mass is 10.00. The summed E-state index contributed by atoms with van der Waals surface area (Å²) in [5.74, 6) is -1.26. The van der Waals surface area contributed by atoms with E-state index in [2.05, 4.69) is 35.8 Å². The molecule has 1 unspecified atom stereocenters. The van der Waals surface area contributed by atoms with Gasteiger partial charge in [-0.1, -0.05) is 24.3 Å². The quantitative estimate of drug-likeness (QED) is 0.785. The molecule has 0 saturated heterocycles. The number of rotatable bonds is 6. The Hall–Kier alpha value is -1.94. The highest BCUT2D eigenvalue weighted by Gasteiger charge is 2.12. The topological polar surface area (TPSA) is 49.3 Å². The molecule has 0 fully saturated rings. The van der Waals surface area contributed by atoms with Crippen molar-refractivity contribution in [3.8, 4) is 0 Å². The number of thioether (sulfide) groups is 1. The minimum atomic E-state index is -0.797. The molecule has 0 radical (unpaired) electrons. The van der Waals surface area contributed by atoms with Gasteiger partial charge in [-0.15, -0.1) is 11.8 Å². The van der Waals surface area contributed by atoms with Gasteiger partial charge in [0, 0.05) is 17.1 Å². The highest BCUT2D eigenvalue weighted by Crippen LogP contribution is 2.19. The highest BCUT2D eigenvalue weighted by molar-refractivity contribution is 7.98. The van der Waals surface area contributed by atoms with Crippen LogP contribution in [0.4, 0.5) is 5.69 Å². The molecule has 0 heterocycles. The van der Waals surface area contributed by atoms with Gasteiger partial charge < -0.3 is 10.4 Å². The van der Waals surface area contributed by atoms with Crippen molar-refractivity contribution in [3.05, 3.63) is 59.7 Å². The van der Waals surface area contributed by atoms with Gasteiger partial charge in [0.25, 0.3) is 0 Å². The number of benzene rings is 2. The van der Waals surface area contributed by atoms with Crippen molar-refractivity contribution in [2.24, 2.45) is 0 Å². The minimum absolute atomic E-state index is 0.467. The fourth-order valence-electron chi connectivity index (χ4n) is 1.98. The van der Waals surface area contributed by atoms with E-state index in [0.717, 1.165) is 23.4 Å². The summed E-state index contributed by atoms with van der Waals surface area (Å²) in [5.41, 5.74) is 3.04. The number of anilines is 1. The number of carbonyl (C=O) groups is 1. The third kappa shape index (κ3) is 4.26. The van der Waals surface area contributed by atoms with Gasteiger partial charge in [0.15, 0.2) is 0 Å². The second-order valence-corrected chi connectivity index (χ2v) is 5.76. The Morgan fingerprint density at radius 1 is 1.14 bits per heavy atom. The lowest BCUT2D eigenvalue weighted by Gasteiger charge is -2.10. The zero-order valence-electron chi connectivity index (χ0n) is 12.2. The van der Waals surface area contributed by atoms with E-state index in [9.17, 15) is 4.79 Å². The predicted octanol–water partition coefficient (Wildman–Crippen LogP) is 4.21. The maximum atomic E-state index is 10.9. The molecule has 0 aliphatic carbocycles. The van der Waals surface area contributed by atoms with Crippen LogP contribution in [0.3, 0.4) is 0 Å². The molecule has 21 heavy (non-hydrogen) atoms. The molecule has 2 aromatic carbocycles. The third-order valence-corrected chi connectivity index (χ3v) is 4.18. The summed E-state index contributed by atoms with van der Waals surface area (Å²) in [6.07, 6.45) is 2.06. The Bertz CT molecular complexity index is 593. The van der Waals surface area contributed by atoms with Crippen LogP contribution in [0.5, 0.6) is 0 Å². The van der Waals surface area contributed by atoms with Crippen LogP contribution in [0.2, 0.25) is 0 Å². The third-order valence-electron chi connectivity index (χ3n) is 3.44. The molecular formula is C17H19NO2S. The van der Waals surface area contributed by atoms with Crippen molar-refractivity contribution in [1.82, 2.24) is 0 Å². The second kappa shape index (κ2) is 7.18. The molecule has 0 saturated carbocycles. The molecule has 2 aromatic rings. The first-order valence-corrected chi connectivity index (χ1v) is 8.02. The number of hydrogen-bond acceptors (Lipinski definition) is 3. The average molecular weight is 301 g/mol. The fraction of sp³-hybridized carbons (Fsp3) is 0.235. The molecule has 0 aromatic heterocycles. The van der Waals surface area contributed by atoms with E-state index in [1.54, 1.807) is 18.7 Å². The van der Waals surface area contributed by atoms with Gasteiger partial charge in [-0.25, -0.2) is 0 Å². The van der Waals surface area contributed by atoms with Gasteiger partial charge in [-0.05, 0) is 48.6 Å². The Balaban J connectivity index is 1.95. The summed E-state index contributed by atoms with van der Waals surface area (Å²) >= 11 is 1.72. The van der Waals surface area contributed by atoms with Crippen LogP contribution >= 0.6 is 11.8 Å². The van der Waals surface area contributed by atoms with Gasteiger partial charge in [0.2, 0.25) is 0 Å². The van der Waals surface area contributed by atoms with Crippen molar-refractivity contribution >= 4 is 23.4 Å². The Kier molecular flexibility index (Phi) is 5.28. The highest BCUT2D eigenvalue weighted by atomic mass is 32.2. The van der Waals surface area contributed by atoms with Gasteiger partial charge in [-0.2, -0.15) is 0 Å². The zero-order valence-corrected chi connectivity index (χ0v) is 13.0. The average Bonchev–Trinajstić information content (AvgIpc) is 2.53. The van der Waals surface area contributed by atoms with Crippen LogP contribution in [0.1, 0.15) is 24.0 Å². The Morgan fingerprint density at radius 3 is 2.29 bits per heavy atom. The smallest absolute Gasteiger partial charge is 0.310 e. The summed E-state index contributed by atoms with van der Waals surface area (Å²) in [6, 6.07) is 16.0. The molecule has 0 bridgehead atoms. The van der Waals surface area contributed by atoms with Crippen LogP contribution < -0.4 is 5.32 Å². The second-order valence-electron chi connectivity index (χ2n) is 4.88. The van der Waals surface area contributed by atoms with E-state index in [4.69, 9.17) is 5.11 Å². The predicted molar refractivity (Wildman–Crippen MR) is 88.0 cm³/mol. The van der Waals surface area contributed by atoms with E-state index in [1.807, 2.05) is 24.3 Å². The largest absolute Gasteiger partial charge is 0.481 e. The number of carboxylic acids is 1. The minimum Gasteiger partial charge on any atom is -0.481 e. The van der Waals surface area contributed by atoms with Gasteiger partial charge in [-0.3, -0.25) is 4.79 Å². The molecular weight excluding hydrogens is 282 g/mol. The molecule has 4 heteroatoms. The van der Waals surface area contributed by atoms with Crippen molar-refractivity contribution < 1.29 is 9.90 Å². The summed E-state index contributed by atoms with van der Waals surface area (Å²) in [5, 5.41) is 12.3. The maximum Gasteiger partial charge on any atom is 0.310 e. The SMILES string of the molecule is CSc1ccc(NCc2ccc(C(C)C(=O)O)cc2)cc1. The molecule has 3 nitrogen and oxygen atoms in total. The van der Waals surface area contributed by atoms with E-state index in [-0.39, 0.29) is 0 Å². The van der Waals surface area contributed by atoms with E-state index < -0.39 is 11.9 Å². The molecule has 1 atom stereocenters. The molecule has 0 spiro atoms. The van der Waals surface area contributed by atoms with Gasteiger partial charge in [0.1, 0.15) is 0 Å². The number of carboxylic acid groups (broad SMARTS) is 1. The lowest BCUT2D eigenvalue weighted by Crippen LogP contribution is -2.07. The summed E-state index contributed by atoms with van der Waals surface area (Å²) in [4.78, 5) is 12.2. The normalized spacial score (nSPS) is 11.9. The van der Waals surface area contributed by atoms with Crippen molar-refractivity contribution in [1.29, 1.82) is 0 Å². The maximum absolute atomic E-state index is 10.9. The molecule has 0 aliphatic heterocycles. The standard InChI is InChI=1S/C17H19NO2S/c1-12(17(19)20)14-5-3-13(4-6-14)11-18-15-7-9-16(21-2)10-8-15/h3-10,12,18H,11H2,1-2H3,(H,19,20). The summed E-state index contributed by atoms with van der Waals surface area (Å²) in [7, 11) is 0. The number of aliphatic carboxylic acids is 1. The van der Waals surface area contributed by atoms with Crippen LogP contribution in [0.25, 0.3) is 0 Å². The Labute approximate surface area is 129 Å². The molecule has 0 aliphatic rings. The van der Waals surface area contributed by atoms with Gasteiger partial charge >= 0.3 is 5.97 Å². The lowest BCUT2D eigenvalue weighted by molar-refractivity contribution is -0.138. The molecule has 2 N–H and O–H groups in total. The number of nitrogens with one attached hydrogen (secondary N) is 1. The van der Waals surface area contributed by atoms with Gasteiger partial charge in [0.05, 0.1) is 5.92 Å². The van der Waals surface area contributed by atoms with Crippen molar-refractivity contribution in [2.75, 3.05) is 11.6 Å². The van der Waals surface area contributed by atoms with Crippen LogP contribution in [-0.4, -0.2) is 17.3 Å². The monoisotopic (exact) mass is 301 g/mol. The zero-order chi connectivity index (χ0) is 15.2. The van der Waals surface area contributed by atoms with Crippen LogP contribution in [0.15, 0.2) is 53.4 Å². The first kappa shape index (κ1) is 15.4. The van der Waals surface area contributed by atoms with Crippen molar-refractivity contribution in [3.63, 3.8) is 0 Å². The first-order valence-electron chi connectivity index (χ1n) is 6.79. The molecule has 2 rings (SSSR count). The summed E-state index contributed by atoms with van der Waals surface area (Å²) < 4.78 is 0. The first-order chi connectivity index (χ1) is 10.1. The van der Waals surface area contributed by atoms with E-state index in [1.165, 1.54) is 4.90 Å². The van der Waals surface area contributed by atoms with E-state index in [0.29, 0.717) is 0 Å². The molecule has 0 amide bonds. The number of hydrogen-bond donors (Lipinski definition) is 2. The van der Waals surface area contributed by atoms with Crippen LogP contribution in [-0.2, 0) is 11.3 Å².